The molecule has 0 aliphatic heterocycles. The number of rotatable bonds is 10. The van der Waals surface area contributed by atoms with Crippen LogP contribution in [0.1, 0.15) is 69.2 Å². The number of aryl methyl sites for hydroxylation is 1. The highest BCUT2D eigenvalue weighted by molar-refractivity contribution is 7.99. The monoisotopic (exact) mass is 457 g/mol. The van der Waals surface area contributed by atoms with Gasteiger partial charge in [-0.2, -0.15) is 0 Å². The first kappa shape index (κ1) is 23.7. The molecular weight excluding hydrogens is 426 g/mol. The van der Waals surface area contributed by atoms with Gasteiger partial charge in [0.25, 0.3) is 5.91 Å². The Morgan fingerprint density at radius 2 is 1.87 bits per heavy atom. The third-order valence-electron chi connectivity index (χ3n) is 5.30. The standard InChI is InChI=1S/C25H32ClN3OS/c1-5-7-14-29-22-13-12-20(31-15-6-2)16-21(22)27-24(29)23(17(3)4)28-25(30)18-8-10-19(26)11-9-18/h8-13,16-17,23H,5-7,14-15H2,1-4H3,(H,28,30). The fourth-order valence-electron chi connectivity index (χ4n) is 3.58. The van der Waals surface area contributed by atoms with Gasteiger partial charge in [0.2, 0.25) is 0 Å². The van der Waals surface area contributed by atoms with Crippen LogP contribution in [0.5, 0.6) is 0 Å². The number of aromatic nitrogens is 2. The second kappa shape index (κ2) is 11.1. The minimum Gasteiger partial charge on any atom is -0.342 e. The van der Waals surface area contributed by atoms with Crippen molar-refractivity contribution in [2.24, 2.45) is 5.92 Å². The number of amides is 1. The fraction of sp³-hybridized carbons (Fsp3) is 0.440. The van der Waals surface area contributed by atoms with Gasteiger partial charge in [0, 0.05) is 22.0 Å². The average molecular weight is 458 g/mol. The highest BCUT2D eigenvalue weighted by atomic mass is 35.5. The molecule has 166 valence electrons. The molecule has 1 heterocycles. The van der Waals surface area contributed by atoms with Gasteiger partial charge in [0.15, 0.2) is 0 Å². The molecular formula is C25H32ClN3OS. The zero-order chi connectivity index (χ0) is 22.4. The normalized spacial score (nSPS) is 12.5. The number of nitrogens with zero attached hydrogens (tertiary/aromatic N) is 2. The summed E-state index contributed by atoms with van der Waals surface area (Å²) in [6, 6.07) is 13.4. The van der Waals surface area contributed by atoms with Crippen molar-refractivity contribution in [2.45, 2.75) is 64.4 Å². The average Bonchev–Trinajstić information content (AvgIpc) is 3.11. The molecule has 0 saturated carbocycles. The van der Waals surface area contributed by atoms with Crippen LogP contribution in [0.3, 0.4) is 0 Å². The maximum absolute atomic E-state index is 13.0. The molecule has 0 spiro atoms. The number of benzene rings is 2. The zero-order valence-corrected chi connectivity index (χ0v) is 20.4. The Morgan fingerprint density at radius 3 is 2.52 bits per heavy atom. The van der Waals surface area contributed by atoms with E-state index >= 15 is 0 Å². The van der Waals surface area contributed by atoms with Crippen LogP contribution in [-0.4, -0.2) is 21.2 Å². The van der Waals surface area contributed by atoms with Crippen LogP contribution in [0.15, 0.2) is 47.4 Å². The lowest BCUT2D eigenvalue weighted by Crippen LogP contribution is -2.33. The second-order valence-electron chi connectivity index (χ2n) is 8.18. The Labute approximate surface area is 194 Å². The van der Waals surface area contributed by atoms with Crippen LogP contribution in [0.25, 0.3) is 11.0 Å². The van der Waals surface area contributed by atoms with E-state index in [0.717, 1.165) is 48.4 Å². The topological polar surface area (TPSA) is 46.9 Å². The predicted molar refractivity (Wildman–Crippen MR) is 132 cm³/mol. The third-order valence-corrected chi connectivity index (χ3v) is 6.75. The molecule has 1 amide bonds. The molecule has 1 N–H and O–H groups in total. The second-order valence-corrected chi connectivity index (χ2v) is 9.78. The van der Waals surface area contributed by atoms with Gasteiger partial charge in [-0.15, -0.1) is 11.8 Å². The zero-order valence-electron chi connectivity index (χ0n) is 18.8. The lowest BCUT2D eigenvalue weighted by molar-refractivity contribution is 0.0922. The predicted octanol–water partition coefficient (Wildman–Crippen LogP) is 7.12. The van der Waals surface area contributed by atoms with Crippen LogP contribution >= 0.6 is 23.4 Å². The summed E-state index contributed by atoms with van der Waals surface area (Å²) in [5, 5.41) is 3.85. The van der Waals surface area contributed by atoms with Crippen LogP contribution in [0, 0.1) is 5.92 Å². The number of thioether (sulfide) groups is 1. The minimum atomic E-state index is -0.181. The highest BCUT2D eigenvalue weighted by Gasteiger charge is 2.25. The van der Waals surface area contributed by atoms with E-state index in [2.05, 4.69) is 55.8 Å². The van der Waals surface area contributed by atoms with E-state index in [1.54, 1.807) is 24.3 Å². The van der Waals surface area contributed by atoms with Gasteiger partial charge in [-0.1, -0.05) is 45.7 Å². The number of hydrogen-bond donors (Lipinski definition) is 1. The van der Waals surface area contributed by atoms with Crippen LogP contribution in [0.2, 0.25) is 5.02 Å². The van der Waals surface area contributed by atoms with E-state index in [4.69, 9.17) is 16.6 Å². The van der Waals surface area contributed by atoms with E-state index in [-0.39, 0.29) is 17.9 Å². The largest absolute Gasteiger partial charge is 0.342 e. The van der Waals surface area contributed by atoms with E-state index in [0.29, 0.717) is 10.6 Å². The first-order valence-corrected chi connectivity index (χ1v) is 12.5. The number of imidazole rings is 1. The van der Waals surface area contributed by atoms with Crippen LogP contribution < -0.4 is 5.32 Å². The van der Waals surface area contributed by atoms with Crippen molar-refractivity contribution in [3.63, 3.8) is 0 Å². The highest BCUT2D eigenvalue weighted by Crippen LogP contribution is 2.30. The van der Waals surface area contributed by atoms with E-state index in [1.807, 2.05) is 11.8 Å². The molecule has 31 heavy (non-hydrogen) atoms. The Balaban J connectivity index is 1.98. The van der Waals surface area contributed by atoms with Crippen LogP contribution in [0.4, 0.5) is 0 Å². The minimum absolute atomic E-state index is 0.108. The number of hydrogen-bond acceptors (Lipinski definition) is 3. The van der Waals surface area contributed by atoms with Crippen molar-refractivity contribution < 1.29 is 4.79 Å². The Kier molecular flexibility index (Phi) is 8.44. The van der Waals surface area contributed by atoms with Gasteiger partial charge >= 0.3 is 0 Å². The molecule has 3 aromatic rings. The van der Waals surface area contributed by atoms with Gasteiger partial charge in [-0.05, 0) is 67.0 Å². The Morgan fingerprint density at radius 1 is 1.13 bits per heavy atom. The smallest absolute Gasteiger partial charge is 0.251 e. The van der Waals surface area contributed by atoms with Crippen molar-refractivity contribution in [3.8, 4) is 0 Å². The van der Waals surface area contributed by atoms with Crippen molar-refractivity contribution in [1.82, 2.24) is 14.9 Å². The van der Waals surface area contributed by atoms with Crippen molar-refractivity contribution >= 4 is 40.3 Å². The molecule has 1 aromatic heterocycles. The molecule has 1 unspecified atom stereocenters. The first-order chi connectivity index (χ1) is 14.9. The van der Waals surface area contributed by atoms with Crippen molar-refractivity contribution in [3.05, 3.63) is 58.9 Å². The lowest BCUT2D eigenvalue weighted by atomic mass is 10.0. The molecule has 0 aliphatic rings. The molecule has 4 nitrogen and oxygen atoms in total. The van der Waals surface area contributed by atoms with Gasteiger partial charge < -0.3 is 9.88 Å². The first-order valence-electron chi connectivity index (χ1n) is 11.1. The fourth-order valence-corrected chi connectivity index (χ4v) is 4.51. The molecule has 1 atom stereocenters. The molecule has 0 aliphatic carbocycles. The maximum atomic E-state index is 13.0. The maximum Gasteiger partial charge on any atom is 0.251 e. The Bertz CT molecular complexity index is 1010. The summed E-state index contributed by atoms with van der Waals surface area (Å²) in [6.45, 7) is 9.53. The number of unbranched alkanes of at least 4 members (excludes halogenated alkanes) is 1. The summed E-state index contributed by atoms with van der Waals surface area (Å²) in [4.78, 5) is 19.2. The van der Waals surface area contributed by atoms with Gasteiger partial charge in [0.05, 0.1) is 17.1 Å². The molecule has 3 rings (SSSR count). The Hall–Kier alpha value is -1.98. The van der Waals surface area contributed by atoms with Crippen molar-refractivity contribution in [1.29, 1.82) is 0 Å². The van der Waals surface area contributed by atoms with E-state index < -0.39 is 0 Å². The molecule has 2 aromatic carbocycles. The summed E-state index contributed by atoms with van der Waals surface area (Å²) in [7, 11) is 0. The van der Waals surface area contributed by atoms with Gasteiger partial charge in [-0.25, -0.2) is 4.98 Å². The summed E-state index contributed by atoms with van der Waals surface area (Å²) in [5.41, 5.74) is 2.74. The molecule has 0 bridgehead atoms. The number of halogens is 1. The number of carbonyl (C=O) groups is 1. The molecule has 0 saturated heterocycles. The van der Waals surface area contributed by atoms with Crippen molar-refractivity contribution in [2.75, 3.05) is 5.75 Å². The number of nitrogens with one attached hydrogen (secondary N) is 1. The SMILES string of the molecule is CCCCn1c(C(NC(=O)c2ccc(Cl)cc2)C(C)C)nc2cc(SCCC)ccc21. The molecule has 0 fully saturated rings. The summed E-state index contributed by atoms with van der Waals surface area (Å²) in [6.07, 6.45) is 3.32. The van der Waals surface area contributed by atoms with Gasteiger partial charge in [0.1, 0.15) is 5.82 Å². The number of fused-ring (bicyclic) bond motifs is 1. The van der Waals surface area contributed by atoms with E-state index in [9.17, 15) is 4.79 Å². The third kappa shape index (κ3) is 5.83. The molecule has 6 heteroatoms. The summed E-state index contributed by atoms with van der Waals surface area (Å²) >= 11 is 7.84. The van der Waals surface area contributed by atoms with Gasteiger partial charge in [-0.3, -0.25) is 4.79 Å². The quantitative estimate of drug-likeness (QED) is 0.329. The molecule has 0 radical (unpaired) electrons. The van der Waals surface area contributed by atoms with Crippen LogP contribution in [-0.2, 0) is 6.54 Å². The number of carbonyl (C=O) groups excluding carboxylic acids is 1. The summed E-state index contributed by atoms with van der Waals surface area (Å²) in [5.74, 6) is 2.12. The summed E-state index contributed by atoms with van der Waals surface area (Å²) < 4.78 is 2.29. The van der Waals surface area contributed by atoms with E-state index in [1.165, 1.54) is 4.90 Å². The lowest BCUT2D eigenvalue weighted by Gasteiger charge is -2.23.